The lowest BCUT2D eigenvalue weighted by atomic mass is 10.0. The molecule has 6 nitrogen and oxygen atoms in total. The van der Waals surface area contributed by atoms with Crippen molar-refractivity contribution in [2.45, 2.75) is 6.42 Å². The number of hydrogen-bond donors (Lipinski definition) is 4. The number of amides is 3. The minimum absolute atomic E-state index is 0.101. The monoisotopic (exact) mass is 361 g/mol. The van der Waals surface area contributed by atoms with Crippen LogP contribution in [0.4, 0.5) is 16.2 Å². The summed E-state index contributed by atoms with van der Waals surface area (Å²) in [6, 6.07) is 20.7. The average Bonchev–Trinajstić information content (AvgIpc) is 2.64. The van der Waals surface area contributed by atoms with E-state index in [1.54, 1.807) is 36.4 Å². The number of hydrogen-bond acceptors (Lipinski definition) is 3. The van der Waals surface area contributed by atoms with E-state index in [-0.39, 0.29) is 11.3 Å². The van der Waals surface area contributed by atoms with Gasteiger partial charge in [-0.1, -0.05) is 42.5 Å². The second-order valence-corrected chi connectivity index (χ2v) is 6.04. The fourth-order valence-electron chi connectivity index (χ4n) is 2.72. The van der Waals surface area contributed by atoms with Crippen molar-refractivity contribution >= 4 is 23.3 Å². The highest BCUT2D eigenvalue weighted by Gasteiger charge is 2.13. The van der Waals surface area contributed by atoms with Crippen LogP contribution in [0.1, 0.15) is 21.5 Å². The largest absolute Gasteiger partial charge is 0.507 e. The molecule has 27 heavy (non-hydrogen) atoms. The van der Waals surface area contributed by atoms with Gasteiger partial charge in [-0.2, -0.15) is 0 Å². The molecule has 0 saturated carbocycles. The number of aromatic hydroxyl groups is 1. The number of primary amides is 1. The molecule has 3 rings (SSSR count). The van der Waals surface area contributed by atoms with E-state index in [0.717, 1.165) is 11.1 Å². The Morgan fingerprint density at radius 1 is 0.815 bits per heavy atom. The molecule has 0 aromatic heterocycles. The smallest absolute Gasteiger partial charge is 0.316 e. The summed E-state index contributed by atoms with van der Waals surface area (Å²) in [7, 11) is 0. The predicted octanol–water partition coefficient (Wildman–Crippen LogP) is 3.73. The van der Waals surface area contributed by atoms with Gasteiger partial charge >= 0.3 is 6.03 Å². The minimum Gasteiger partial charge on any atom is -0.507 e. The van der Waals surface area contributed by atoms with E-state index < -0.39 is 11.9 Å². The van der Waals surface area contributed by atoms with Gasteiger partial charge < -0.3 is 21.5 Å². The quantitative estimate of drug-likeness (QED) is 0.556. The highest BCUT2D eigenvalue weighted by Crippen LogP contribution is 2.23. The summed E-state index contributed by atoms with van der Waals surface area (Å²) in [6.07, 6.45) is 0.652. The van der Waals surface area contributed by atoms with Crippen LogP contribution in [0.3, 0.4) is 0 Å². The Morgan fingerprint density at radius 2 is 1.52 bits per heavy atom. The topological polar surface area (TPSA) is 104 Å². The van der Waals surface area contributed by atoms with E-state index in [9.17, 15) is 14.7 Å². The summed E-state index contributed by atoms with van der Waals surface area (Å²) < 4.78 is 0. The van der Waals surface area contributed by atoms with E-state index in [1.807, 2.05) is 30.3 Å². The first-order valence-electron chi connectivity index (χ1n) is 8.35. The molecule has 5 N–H and O–H groups in total. The Hall–Kier alpha value is -3.80. The van der Waals surface area contributed by atoms with Crippen LogP contribution in [0.15, 0.2) is 72.8 Å². The van der Waals surface area contributed by atoms with Crippen molar-refractivity contribution in [3.8, 4) is 5.75 Å². The number of carbonyl (C=O) groups is 2. The maximum atomic E-state index is 12.6. The van der Waals surface area contributed by atoms with Crippen LogP contribution in [0.5, 0.6) is 5.75 Å². The molecule has 136 valence electrons. The molecule has 0 heterocycles. The zero-order valence-electron chi connectivity index (χ0n) is 14.5. The minimum atomic E-state index is -0.690. The molecule has 0 aliphatic rings. The third-order valence-corrected chi connectivity index (χ3v) is 3.94. The van der Waals surface area contributed by atoms with Gasteiger partial charge in [-0.25, -0.2) is 4.79 Å². The summed E-state index contributed by atoms with van der Waals surface area (Å²) >= 11 is 0. The summed E-state index contributed by atoms with van der Waals surface area (Å²) in [5.41, 5.74) is 8.23. The van der Waals surface area contributed by atoms with Crippen molar-refractivity contribution in [2.24, 2.45) is 5.73 Å². The molecule has 0 radical (unpaired) electrons. The molecular formula is C21H19N3O3. The van der Waals surface area contributed by atoms with Crippen LogP contribution in [-0.2, 0) is 6.42 Å². The third kappa shape index (κ3) is 4.85. The Labute approximate surface area is 156 Å². The molecule has 0 bridgehead atoms. The summed E-state index contributed by atoms with van der Waals surface area (Å²) in [6.45, 7) is 0. The molecule has 3 amide bonds. The van der Waals surface area contributed by atoms with Crippen molar-refractivity contribution in [1.82, 2.24) is 0 Å². The molecule has 6 heteroatoms. The fraction of sp³-hybridized carbons (Fsp3) is 0.0476. The summed E-state index contributed by atoms with van der Waals surface area (Å²) in [5.74, 6) is -0.547. The second kappa shape index (κ2) is 8.05. The lowest BCUT2D eigenvalue weighted by molar-refractivity contribution is 0.102. The van der Waals surface area contributed by atoms with Gasteiger partial charge in [-0.3, -0.25) is 4.79 Å². The predicted molar refractivity (Wildman–Crippen MR) is 105 cm³/mol. The molecule has 0 atom stereocenters. The van der Waals surface area contributed by atoms with Crippen LogP contribution < -0.4 is 16.4 Å². The van der Waals surface area contributed by atoms with Gasteiger partial charge in [0.1, 0.15) is 5.75 Å². The number of benzene rings is 3. The molecular weight excluding hydrogens is 342 g/mol. The zero-order chi connectivity index (χ0) is 19.2. The zero-order valence-corrected chi connectivity index (χ0v) is 14.5. The Bertz CT molecular complexity index is 971. The Balaban J connectivity index is 1.78. The normalized spacial score (nSPS) is 10.2. The Kier molecular flexibility index (Phi) is 5.37. The van der Waals surface area contributed by atoms with Gasteiger partial charge in [0.25, 0.3) is 5.91 Å². The number of anilines is 2. The number of urea groups is 1. The number of phenols is 1. The molecule has 0 saturated heterocycles. The van der Waals surface area contributed by atoms with Crippen molar-refractivity contribution in [3.05, 3.63) is 89.5 Å². The number of nitrogens with two attached hydrogens (primary N) is 1. The first-order valence-corrected chi connectivity index (χ1v) is 8.35. The molecule has 3 aromatic carbocycles. The highest BCUT2D eigenvalue weighted by molar-refractivity contribution is 6.06. The molecule has 0 spiro atoms. The van der Waals surface area contributed by atoms with Gasteiger partial charge in [-0.05, 0) is 47.9 Å². The van der Waals surface area contributed by atoms with Gasteiger partial charge in [0, 0.05) is 11.4 Å². The first-order chi connectivity index (χ1) is 13.0. The maximum absolute atomic E-state index is 12.6. The molecule has 3 aromatic rings. The number of rotatable bonds is 5. The van der Waals surface area contributed by atoms with Crippen molar-refractivity contribution in [3.63, 3.8) is 0 Å². The molecule has 0 aliphatic carbocycles. The number of phenolic OH excluding ortho intramolecular Hbond substituents is 1. The molecule has 0 fully saturated rings. The SMILES string of the molecule is NC(=O)Nc1cccc(NC(=O)c2cc(Cc3ccccc3)ccc2O)c1. The molecule has 0 unspecified atom stereocenters. The fourth-order valence-corrected chi connectivity index (χ4v) is 2.72. The Morgan fingerprint density at radius 3 is 2.22 bits per heavy atom. The highest BCUT2D eigenvalue weighted by atomic mass is 16.3. The van der Waals surface area contributed by atoms with Crippen molar-refractivity contribution < 1.29 is 14.7 Å². The number of nitrogens with one attached hydrogen (secondary N) is 2. The van der Waals surface area contributed by atoms with E-state index in [0.29, 0.717) is 17.8 Å². The summed E-state index contributed by atoms with van der Waals surface area (Å²) in [4.78, 5) is 23.5. The first kappa shape index (κ1) is 18.0. The van der Waals surface area contributed by atoms with Crippen LogP contribution in [0.2, 0.25) is 0 Å². The second-order valence-electron chi connectivity index (χ2n) is 6.04. The van der Waals surface area contributed by atoms with Crippen molar-refractivity contribution in [2.75, 3.05) is 10.6 Å². The van der Waals surface area contributed by atoms with Gasteiger partial charge in [0.15, 0.2) is 0 Å². The lowest BCUT2D eigenvalue weighted by Crippen LogP contribution is -2.19. The van der Waals surface area contributed by atoms with Gasteiger partial charge in [0.2, 0.25) is 0 Å². The van der Waals surface area contributed by atoms with E-state index in [1.165, 1.54) is 6.07 Å². The van der Waals surface area contributed by atoms with Gasteiger partial charge in [-0.15, -0.1) is 0 Å². The third-order valence-electron chi connectivity index (χ3n) is 3.94. The van der Waals surface area contributed by atoms with E-state index >= 15 is 0 Å². The standard InChI is InChI=1S/C21H19N3O3/c22-21(27)24-17-8-4-7-16(13-17)23-20(26)18-12-15(9-10-19(18)25)11-14-5-2-1-3-6-14/h1-10,12-13,25H,11H2,(H,23,26)(H3,22,24,27). The van der Waals surface area contributed by atoms with Gasteiger partial charge in [0.05, 0.1) is 5.56 Å². The van der Waals surface area contributed by atoms with Crippen molar-refractivity contribution in [1.29, 1.82) is 0 Å². The lowest BCUT2D eigenvalue weighted by Gasteiger charge is -2.10. The average molecular weight is 361 g/mol. The van der Waals surface area contributed by atoms with Crippen LogP contribution in [-0.4, -0.2) is 17.0 Å². The van der Waals surface area contributed by atoms with E-state index in [2.05, 4.69) is 10.6 Å². The maximum Gasteiger partial charge on any atom is 0.316 e. The van der Waals surface area contributed by atoms with Crippen LogP contribution in [0, 0.1) is 0 Å². The summed E-state index contributed by atoms with van der Waals surface area (Å²) in [5, 5.41) is 15.2. The van der Waals surface area contributed by atoms with Crippen LogP contribution in [0.25, 0.3) is 0 Å². The number of carbonyl (C=O) groups excluding carboxylic acids is 2. The van der Waals surface area contributed by atoms with E-state index in [4.69, 9.17) is 5.73 Å². The van der Waals surface area contributed by atoms with Crippen LogP contribution >= 0.6 is 0 Å². The molecule has 0 aliphatic heterocycles.